The van der Waals surface area contributed by atoms with Crippen molar-refractivity contribution in [2.24, 2.45) is 0 Å². The smallest absolute Gasteiger partial charge is 0.232 e. The Morgan fingerprint density at radius 1 is 1.14 bits per heavy atom. The molecule has 1 heterocycles. The predicted molar refractivity (Wildman–Crippen MR) is 81.0 cm³/mol. The van der Waals surface area contributed by atoms with E-state index in [1.165, 1.54) is 6.07 Å². The van der Waals surface area contributed by atoms with Crippen LogP contribution in [-0.2, 0) is 9.59 Å². The molecule has 1 aromatic carbocycles. The number of halogens is 1. The first-order valence-corrected chi connectivity index (χ1v) is 7.70. The van der Waals surface area contributed by atoms with Crippen LogP contribution >= 0.6 is 0 Å². The average Bonchev–Trinajstić information content (AvgIpc) is 3.31. The number of rotatable bonds is 4. The van der Waals surface area contributed by atoms with Crippen LogP contribution in [0.2, 0.25) is 0 Å². The van der Waals surface area contributed by atoms with E-state index >= 15 is 0 Å². The molecule has 1 aliphatic heterocycles. The number of hydrogen-bond donors (Lipinski definition) is 1. The summed E-state index contributed by atoms with van der Waals surface area (Å²) in [5.41, 5.74) is 0.570. The van der Waals surface area contributed by atoms with E-state index in [0.717, 1.165) is 12.8 Å². The first kappa shape index (κ1) is 14.8. The lowest BCUT2D eigenvalue weighted by molar-refractivity contribution is -0.136. The van der Waals surface area contributed by atoms with Crippen LogP contribution in [0.5, 0.6) is 0 Å². The van der Waals surface area contributed by atoms with Gasteiger partial charge in [0.25, 0.3) is 0 Å². The number of benzene rings is 1. The van der Waals surface area contributed by atoms with Crippen molar-refractivity contribution in [2.45, 2.75) is 25.3 Å². The van der Waals surface area contributed by atoms with Crippen LogP contribution in [0, 0.1) is 5.82 Å². The monoisotopic (exact) mass is 305 g/mol. The fourth-order valence-corrected chi connectivity index (χ4v) is 2.66. The summed E-state index contributed by atoms with van der Waals surface area (Å²) in [5, 5.41) is 2.82. The van der Waals surface area contributed by atoms with Crippen molar-refractivity contribution >= 4 is 17.5 Å². The van der Waals surface area contributed by atoms with Crippen LogP contribution in [-0.4, -0.2) is 48.9 Å². The number of anilines is 1. The van der Waals surface area contributed by atoms with E-state index in [-0.39, 0.29) is 30.1 Å². The molecule has 2 amide bonds. The summed E-state index contributed by atoms with van der Waals surface area (Å²) in [5.74, 6) is -0.582. The number of amides is 2. The maximum absolute atomic E-state index is 13.8. The fourth-order valence-electron chi connectivity index (χ4n) is 2.66. The maximum Gasteiger partial charge on any atom is 0.232 e. The van der Waals surface area contributed by atoms with Crippen molar-refractivity contribution in [1.82, 2.24) is 10.2 Å². The van der Waals surface area contributed by atoms with E-state index in [2.05, 4.69) is 5.32 Å². The molecule has 2 fully saturated rings. The highest BCUT2D eigenvalue weighted by Gasteiger charge is 2.27. The van der Waals surface area contributed by atoms with E-state index in [9.17, 15) is 14.0 Å². The predicted octanol–water partition coefficient (Wildman–Crippen LogP) is 1.14. The molecule has 5 nitrogen and oxygen atoms in total. The molecule has 0 atom stereocenters. The topological polar surface area (TPSA) is 52.7 Å². The van der Waals surface area contributed by atoms with E-state index in [0.29, 0.717) is 31.9 Å². The van der Waals surface area contributed by atoms with Gasteiger partial charge >= 0.3 is 0 Å². The van der Waals surface area contributed by atoms with Crippen molar-refractivity contribution in [3.63, 3.8) is 0 Å². The SMILES string of the molecule is O=C(CC(=O)N1CCN(c2ccccc2F)CC1)NC1CC1. The molecular weight excluding hydrogens is 285 g/mol. The molecule has 1 saturated heterocycles. The van der Waals surface area contributed by atoms with Gasteiger partial charge in [0.1, 0.15) is 12.2 Å². The van der Waals surface area contributed by atoms with Gasteiger partial charge in [-0.15, -0.1) is 0 Å². The Morgan fingerprint density at radius 3 is 2.45 bits per heavy atom. The van der Waals surface area contributed by atoms with Gasteiger partial charge in [-0.05, 0) is 25.0 Å². The summed E-state index contributed by atoms with van der Waals surface area (Å²) in [4.78, 5) is 27.4. The van der Waals surface area contributed by atoms with Crippen molar-refractivity contribution < 1.29 is 14.0 Å². The maximum atomic E-state index is 13.8. The van der Waals surface area contributed by atoms with E-state index in [1.807, 2.05) is 4.90 Å². The lowest BCUT2D eigenvalue weighted by Gasteiger charge is -2.36. The Morgan fingerprint density at radius 2 is 1.82 bits per heavy atom. The molecule has 0 radical (unpaired) electrons. The minimum atomic E-state index is -0.244. The van der Waals surface area contributed by atoms with Crippen molar-refractivity contribution in [2.75, 3.05) is 31.1 Å². The second-order valence-corrected chi connectivity index (χ2v) is 5.84. The summed E-state index contributed by atoms with van der Waals surface area (Å²) in [6.45, 7) is 2.20. The Kier molecular flexibility index (Phi) is 4.27. The highest BCUT2D eigenvalue weighted by atomic mass is 19.1. The molecule has 0 unspecified atom stereocenters. The first-order chi connectivity index (χ1) is 10.6. The zero-order valence-corrected chi connectivity index (χ0v) is 12.4. The van der Waals surface area contributed by atoms with Crippen LogP contribution < -0.4 is 10.2 Å². The molecule has 1 N–H and O–H groups in total. The molecule has 2 aliphatic rings. The largest absolute Gasteiger partial charge is 0.366 e. The zero-order valence-electron chi connectivity index (χ0n) is 12.4. The number of piperazine rings is 1. The number of nitrogens with one attached hydrogen (secondary N) is 1. The number of hydrogen-bond acceptors (Lipinski definition) is 3. The van der Waals surface area contributed by atoms with Gasteiger partial charge in [0.05, 0.1) is 5.69 Å². The third-order valence-corrected chi connectivity index (χ3v) is 4.08. The highest BCUT2D eigenvalue weighted by Crippen LogP contribution is 2.21. The van der Waals surface area contributed by atoms with Gasteiger partial charge in [-0.2, -0.15) is 0 Å². The van der Waals surface area contributed by atoms with Gasteiger partial charge < -0.3 is 15.1 Å². The second kappa shape index (κ2) is 6.34. The minimum Gasteiger partial charge on any atom is -0.366 e. The third-order valence-electron chi connectivity index (χ3n) is 4.08. The number of carbonyl (C=O) groups is 2. The van der Waals surface area contributed by atoms with Crippen LogP contribution in [0.1, 0.15) is 19.3 Å². The molecule has 118 valence electrons. The summed E-state index contributed by atoms with van der Waals surface area (Å²) in [6, 6.07) is 6.93. The molecule has 0 spiro atoms. The van der Waals surface area contributed by atoms with Crippen molar-refractivity contribution in [1.29, 1.82) is 0 Å². The highest BCUT2D eigenvalue weighted by molar-refractivity contribution is 5.97. The third kappa shape index (κ3) is 3.55. The van der Waals surface area contributed by atoms with E-state index in [4.69, 9.17) is 0 Å². The molecule has 1 saturated carbocycles. The van der Waals surface area contributed by atoms with Crippen molar-refractivity contribution in [3.8, 4) is 0 Å². The molecule has 6 heteroatoms. The molecular formula is C16H20FN3O2. The lowest BCUT2D eigenvalue weighted by atomic mass is 10.2. The van der Waals surface area contributed by atoms with Gasteiger partial charge in [-0.3, -0.25) is 9.59 Å². The standard InChI is InChI=1S/C16H20FN3O2/c17-13-3-1-2-4-14(13)19-7-9-20(10-8-19)16(22)11-15(21)18-12-5-6-12/h1-4,12H,5-11H2,(H,18,21). The van der Waals surface area contributed by atoms with Crippen LogP contribution in [0.15, 0.2) is 24.3 Å². The van der Waals surface area contributed by atoms with Gasteiger partial charge in [0.2, 0.25) is 11.8 Å². The summed E-state index contributed by atoms with van der Waals surface area (Å²) >= 11 is 0. The summed E-state index contributed by atoms with van der Waals surface area (Å²) in [7, 11) is 0. The quantitative estimate of drug-likeness (QED) is 0.849. The molecule has 1 aromatic rings. The molecule has 0 bridgehead atoms. The number of carbonyl (C=O) groups excluding carboxylic acids is 2. The Balaban J connectivity index is 1.49. The Hall–Kier alpha value is -2.11. The van der Waals surface area contributed by atoms with Gasteiger partial charge in [-0.25, -0.2) is 4.39 Å². The zero-order chi connectivity index (χ0) is 15.5. The van der Waals surface area contributed by atoms with Crippen LogP contribution in [0.25, 0.3) is 0 Å². The van der Waals surface area contributed by atoms with Gasteiger partial charge in [0.15, 0.2) is 0 Å². The van der Waals surface area contributed by atoms with E-state index in [1.54, 1.807) is 23.1 Å². The lowest BCUT2D eigenvalue weighted by Crippen LogP contribution is -2.49. The van der Waals surface area contributed by atoms with Crippen LogP contribution in [0.4, 0.5) is 10.1 Å². The average molecular weight is 305 g/mol. The summed E-state index contributed by atoms with van der Waals surface area (Å²) < 4.78 is 13.8. The Labute approximate surface area is 129 Å². The molecule has 0 aromatic heterocycles. The normalized spacial score (nSPS) is 18.2. The number of para-hydroxylation sites is 1. The van der Waals surface area contributed by atoms with Gasteiger partial charge in [-0.1, -0.05) is 12.1 Å². The first-order valence-electron chi connectivity index (χ1n) is 7.70. The van der Waals surface area contributed by atoms with E-state index < -0.39 is 0 Å². The Bertz CT molecular complexity index is 566. The van der Waals surface area contributed by atoms with Crippen LogP contribution in [0.3, 0.4) is 0 Å². The van der Waals surface area contributed by atoms with Gasteiger partial charge in [0, 0.05) is 32.2 Å². The minimum absolute atomic E-state index is 0.0871. The number of nitrogens with zero attached hydrogens (tertiary/aromatic N) is 2. The molecule has 3 rings (SSSR count). The molecule has 1 aliphatic carbocycles. The summed E-state index contributed by atoms with van der Waals surface area (Å²) in [6.07, 6.45) is 1.94. The van der Waals surface area contributed by atoms with Crippen molar-refractivity contribution in [3.05, 3.63) is 30.1 Å². The fraction of sp³-hybridized carbons (Fsp3) is 0.500. The second-order valence-electron chi connectivity index (χ2n) is 5.84. The molecule has 22 heavy (non-hydrogen) atoms.